The highest BCUT2D eigenvalue weighted by molar-refractivity contribution is 5.95. The predicted octanol–water partition coefficient (Wildman–Crippen LogP) is 3.22. The van der Waals surface area contributed by atoms with E-state index in [1.165, 1.54) is 14.2 Å². The second-order valence-electron chi connectivity index (χ2n) is 6.88. The third-order valence-electron chi connectivity index (χ3n) is 4.91. The summed E-state index contributed by atoms with van der Waals surface area (Å²) in [5.41, 5.74) is 2.78. The van der Waals surface area contributed by atoms with Gasteiger partial charge >= 0.3 is 5.95 Å². The van der Waals surface area contributed by atoms with Gasteiger partial charge in [0.25, 0.3) is 0 Å². The van der Waals surface area contributed by atoms with Crippen molar-refractivity contribution in [2.24, 2.45) is 7.05 Å². The van der Waals surface area contributed by atoms with Crippen LogP contribution in [0.2, 0.25) is 0 Å². The van der Waals surface area contributed by atoms with Crippen LogP contribution >= 0.6 is 0 Å². The fraction of sp³-hybridized carbons (Fsp3) is 0.130. The van der Waals surface area contributed by atoms with E-state index in [2.05, 4.69) is 15.4 Å². The largest absolute Gasteiger partial charge is 0.467 e. The first-order valence-corrected chi connectivity index (χ1v) is 9.44. The van der Waals surface area contributed by atoms with Crippen molar-refractivity contribution in [3.63, 3.8) is 0 Å². The second kappa shape index (κ2) is 8.27. The van der Waals surface area contributed by atoms with Crippen LogP contribution in [0.1, 0.15) is 0 Å². The van der Waals surface area contributed by atoms with Crippen molar-refractivity contribution in [3.05, 3.63) is 76.9 Å². The van der Waals surface area contributed by atoms with E-state index in [9.17, 15) is 9.59 Å². The minimum absolute atomic E-state index is 0.0480. The lowest BCUT2D eigenvalue weighted by molar-refractivity contribution is -0.105. The number of ether oxygens (including phenoxy) is 2. The number of fused-ring (bicyclic) bond motifs is 2. The summed E-state index contributed by atoms with van der Waals surface area (Å²) in [5.74, 6) is 0.0480. The first-order valence-electron chi connectivity index (χ1n) is 9.44. The Morgan fingerprint density at radius 2 is 1.81 bits per heavy atom. The second-order valence-corrected chi connectivity index (χ2v) is 6.88. The Labute approximate surface area is 177 Å². The lowest BCUT2D eigenvalue weighted by Gasteiger charge is -2.10. The van der Waals surface area contributed by atoms with Crippen molar-refractivity contribution in [1.82, 2.24) is 14.8 Å². The molecule has 0 bridgehead atoms. The maximum Gasteiger partial charge on any atom is 0.306 e. The Balaban J connectivity index is 1.89. The van der Waals surface area contributed by atoms with Crippen molar-refractivity contribution >= 4 is 33.6 Å². The molecule has 1 N–H and O–H groups in total. The van der Waals surface area contributed by atoms with Crippen LogP contribution in [0.4, 0.5) is 5.69 Å². The molecule has 0 saturated carbocycles. The van der Waals surface area contributed by atoms with Crippen LogP contribution in [0.15, 0.2) is 71.4 Å². The standard InChI is InChI=1S/C23H20N4O4/c1-27-12-16(11-25-27)15-8-19-20(24-10-15)7-5-14-4-6-17(9-18(14)22(19)29)26-21(13-28)23(30-2)31-3/h4-13,26H,1-3H3. The Morgan fingerprint density at radius 1 is 1.03 bits per heavy atom. The third-order valence-corrected chi connectivity index (χ3v) is 4.91. The molecule has 0 atom stereocenters. The SMILES string of the molecule is COC(OC)=C(C=O)Nc1ccc2ccc3ncc(-c4cnn(C)c4)cc3c(=O)c2c1. The average molecular weight is 416 g/mol. The van der Waals surface area contributed by atoms with Gasteiger partial charge in [0.15, 0.2) is 17.4 Å². The molecule has 0 spiro atoms. The quantitative estimate of drug-likeness (QED) is 0.293. The molecule has 0 aliphatic carbocycles. The summed E-state index contributed by atoms with van der Waals surface area (Å²) >= 11 is 0. The van der Waals surface area contributed by atoms with E-state index < -0.39 is 0 Å². The summed E-state index contributed by atoms with van der Waals surface area (Å²) in [6, 6.07) is 10.8. The van der Waals surface area contributed by atoms with E-state index in [0.29, 0.717) is 28.3 Å². The predicted molar refractivity (Wildman–Crippen MR) is 118 cm³/mol. The van der Waals surface area contributed by atoms with Gasteiger partial charge < -0.3 is 14.8 Å². The molecule has 0 fully saturated rings. The summed E-state index contributed by atoms with van der Waals surface area (Å²) in [6.45, 7) is 0. The van der Waals surface area contributed by atoms with Gasteiger partial charge in [0.1, 0.15) is 0 Å². The smallest absolute Gasteiger partial charge is 0.306 e. The number of rotatable bonds is 6. The van der Waals surface area contributed by atoms with Gasteiger partial charge in [-0.05, 0) is 29.7 Å². The minimum atomic E-state index is -0.160. The van der Waals surface area contributed by atoms with Crippen molar-refractivity contribution in [3.8, 4) is 11.1 Å². The van der Waals surface area contributed by atoms with Gasteiger partial charge in [-0.1, -0.05) is 12.1 Å². The zero-order valence-electron chi connectivity index (χ0n) is 17.2. The number of pyridine rings is 1. The Hall–Kier alpha value is -4.20. The molecule has 8 heteroatoms. The molecule has 0 unspecified atom stereocenters. The molecule has 0 radical (unpaired) electrons. The monoisotopic (exact) mass is 416 g/mol. The molecule has 2 aromatic carbocycles. The van der Waals surface area contributed by atoms with Gasteiger partial charge in [0, 0.05) is 47.0 Å². The van der Waals surface area contributed by atoms with E-state index in [-0.39, 0.29) is 17.1 Å². The van der Waals surface area contributed by atoms with Crippen LogP contribution in [0, 0.1) is 0 Å². The summed E-state index contributed by atoms with van der Waals surface area (Å²) in [6.07, 6.45) is 5.92. The first-order chi connectivity index (χ1) is 15.0. The summed E-state index contributed by atoms with van der Waals surface area (Å²) in [7, 11) is 4.64. The molecule has 0 amide bonds. The number of aryl methyl sites for hydroxylation is 1. The maximum atomic E-state index is 13.4. The molecule has 4 aromatic rings. The summed E-state index contributed by atoms with van der Waals surface area (Å²) < 4.78 is 11.8. The maximum absolute atomic E-state index is 13.4. The van der Waals surface area contributed by atoms with E-state index >= 15 is 0 Å². The zero-order valence-corrected chi connectivity index (χ0v) is 17.2. The highest BCUT2D eigenvalue weighted by atomic mass is 16.7. The lowest BCUT2D eigenvalue weighted by Crippen LogP contribution is -2.08. The van der Waals surface area contributed by atoms with Crippen LogP contribution in [0.5, 0.6) is 0 Å². The van der Waals surface area contributed by atoms with Gasteiger partial charge in [0.05, 0.1) is 25.9 Å². The summed E-state index contributed by atoms with van der Waals surface area (Å²) in [5, 5.41) is 8.87. The highest BCUT2D eigenvalue weighted by Gasteiger charge is 2.11. The van der Waals surface area contributed by atoms with Crippen LogP contribution in [-0.4, -0.2) is 35.3 Å². The van der Waals surface area contributed by atoms with E-state index in [1.807, 2.05) is 37.5 Å². The topological polar surface area (TPSA) is 95.3 Å². The summed E-state index contributed by atoms with van der Waals surface area (Å²) in [4.78, 5) is 29.3. The average Bonchev–Trinajstić information content (AvgIpc) is 3.18. The van der Waals surface area contributed by atoms with Crippen LogP contribution in [0.25, 0.3) is 32.8 Å². The number of methoxy groups -OCH3 is 2. The molecule has 31 heavy (non-hydrogen) atoms. The van der Waals surface area contributed by atoms with E-state index in [4.69, 9.17) is 9.47 Å². The number of nitrogens with zero attached hydrogens (tertiary/aromatic N) is 3. The van der Waals surface area contributed by atoms with Gasteiger partial charge in [0.2, 0.25) is 0 Å². The Morgan fingerprint density at radius 3 is 2.48 bits per heavy atom. The number of aldehydes is 1. The van der Waals surface area contributed by atoms with Crippen molar-refractivity contribution in [1.29, 1.82) is 0 Å². The fourth-order valence-corrected chi connectivity index (χ4v) is 3.40. The first kappa shape index (κ1) is 20.1. The molecule has 8 nitrogen and oxygen atoms in total. The third kappa shape index (κ3) is 3.83. The number of benzene rings is 1. The number of allylic oxidation sites excluding steroid dienone is 1. The molecule has 0 aliphatic rings. The van der Waals surface area contributed by atoms with Crippen molar-refractivity contribution < 1.29 is 14.3 Å². The number of hydrogen-bond acceptors (Lipinski definition) is 7. The molecule has 2 heterocycles. The van der Waals surface area contributed by atoms with Gasteiger partial charge in [-0.2, -0.15) is 5.10 Å². The zero-order chi connectivity index (χ0) is 22.0. The fourth-order valence-electron chi connectivity index (χ4n) is 3.40. The van der Waals surface area contributed by atoms with Gasteiger partial charge in [-0.15, -0.1) is 0 Å². The number of hydrogen-bond donors (Lipinski definition) is 1. The molecule has 0 aliphatic heterocycles. The molecular weight excluding hydrogens is 396 g/mol. The molecule has 156 valence electrons. The number of aromatic nitrogens is 3. The Kier molecular flexibility index (Phi) is 5.36. The molecule has 0 saturated heterocycles. The van der Waals surface area contributed by atoms with Crippen molar-refractivity contribution in [2.75, 3.05) is 19.5 Å². The number of anilines is 1. The van der Waals surface area contributed by atoms with Gasteiger partial charge in [-0.3, -0.25) is 19.3 Å². The minimum Gasteiger partial charge on any atom is -0.467 e. The highest BCUT2D eigenvalue weighted by Crippen LogP contribution is 2.23. The van der Waals surface area contributed by atoms with Crippen LogP contribution in [0.3, 0.4) is 0 Å². The lowest BCUT2D eigenvalue weighted by atomic mass is 10.1. The number of carbonyl (C=O) groups is 1. The Bertz CT molecular complexity index is 1390. The number of carbonyl (C=O) groups excluding carboxylic acids is 1. The molecular formula is C23H20N4O4. The van der Waals surface area contributed by atoms with E-state index in [0.717, 1.165) is 16.5 Å². The normalized spacial score (nSPS) is 10.7. The van der Waals surface area contributed by atoms with Crippen LogP contribution in [-0.2, 0) is 21.3 Å². The van der Waals surface area contributed by atoms with E-state index in [1.54, 1.807) is 29.2 Å². The van der Waals surface area contributed by atoms with Crippen molar-refractivity contribution in [2.45, 2.75) is 0 Å². The molecule has 4 rings (SSSR count). The number of nitrogens with one attached hydrogen (secondary N) is 1. The van der Waals surface area contributed by atoms with Gasteiger partial charge in [-0.25, -0.2) is 0 Å². The van der Waals surface area contributed by atoms with Crippen LogP contribution < -0.4 is 10.7 Å². The molecule has 2 aromatic heterocycles.